The van der Waals surface area contributed by atoms with E-state index in [-0.39, 0.29) is 11.2 Å². The van der Waals surface area contributed by atoms with Crippen LogP contribution in [0, 0.1) is 10.1 Å². The molecule has 5 nitrogen and oxygen atoms in total. The van der Waals surface area contributed by atoms with Gasteiger partial charge >= 0.3 is 0 Å². The minimum atomic E-state index is -0.400. The molecule has 0 amide bonds. The molecule has 0 aromatic heterocycles. The number of benzene rings is 1. The van der Waals surface area contributed by atoms with Crippen molar-refractivity contribution in [2.45, 2.75) is 32.7 Å². The van der Waals surface area contributed by atoms with Crippen LogP contribution in [0.15, 0.2) is 18.2 Å². The first-order valence-corrected chi connectivity index (χ1v) is 5.89. The highest BCUT2D eigenvalue weighted by atomic mass is 16.6. The summed E-state index contributed by atoms with van der Waals surface area (Å²) < 4.78 is 5.07. The molecule has 0 heterocycles. The van der Waals surface area contributed by atoms with Gasteiger partial charge in [0, 0.05) is 11.6 Å². The molecule has 1 N–H and O–H groups in total. The zero-order valence-corrected chi connectivity index (χ0v) is 11.3. The van der Waals surface area contributed by atoms with Crippen molar-refractivity contribution < 1.29 is 9.66 Å². The van der Waals surface area contributed by atoms with E-state index < -0.39 is 4.92 Å². The summed E-state index contributed by atoms with van der Waals surface area (Å²) in [4.78, 5) is 10.4. The van der Waals surface area contributed by atoms with E-state index in [1.54, 1.807) is 6.07 Å². The van der Waals surface area contributed by atoms with E-state index in [9.17, 15) is 10.1 Å². The summed E-state index contributed by atoms with van der Waals surface area (Å²) in [6.07, 6.45) is 0.731. The zero-order valence-electron chi connectivity index (χ0n) is 11.3. The molecular formula is C13H20N2O3. The van der Waals surface area contributed by atoms with Crippen molar-refractivity contribution in [1.29, 1.82) is 0 Å². The number of nitrogens with zero attached hydrogens (tertiary/aromatic N) is 1. The fourth-order valence-corrected chi connectivity index (χ4v) is 1.59. The number of nitro benzene ring substituents is 1. The van der Waals surface area contributed by atoms with Gasteiger partial charge in [-0.05, 0) is 45.4 Å². The number of nitrogens with one attached hydrogen (secondary N) is 1. The third-order valence-corrected chi connectivity index (χ3v) is 2.47. The lowest BCUT2D eigenvalue weighted by Crippen LogP contribution is -2.37. The number of hydrogen-bond donors (Lipinski definition) is 1. The topological polar surface area (TPSA) is 64.4 Å². The highest BCUT2D eigenvalue weighted by Gasteiger charge is 2.12. The van der Waals surface area contributed by atoms with Gasteiger partial charge in [-0.25, -0.2) is 0 Å². The number of non-ortho nitro benzene ring substituents is 1. The van der Waals surface area contributed by atoms with Gasteiger partial charge < -0.3 is 10.1 Å². The van der Waals surface area contributed by atoms with E-state index in [0.717, 1.165) is 18.5 Å². The lowest BCUT2D eigenvalue weighted by Gasteiger charge is -2.20. The monoisotopic (exact) mass is 252 g/mol. The first kappa shape index (κ1) is 14.4. The molecule has 100 valence electrons. The average Bonchev–Trinajstić information content (AvgIpc) is 2.26. The Morgan fingerprint density at radius 1 is 1.33 bits per heavy atom. The Hall–Kier alpha value is -1.62. The Morgan fingerprint density at radius 3 is 2.50 bits per heavy atom. The molecule has 1 rings (SSSR count). The summed E-state index contributed by atoms with van der Waals surface area (Å²) in [5.74, 6) is 0.523. The van der Waals surface area contributed by atoms with Crippen LogP contribution in [0.25, 0.3) is 0 Å². The standard InChI is InChI=1S/C13H20N2O3/c1-13(2,3)14-6-5-10-7-11(15(16)17)9-12(8-10)18-4/h7-9,14H,5-6H2,1-4H3. The van der Waals surface area contributed by atoms with Crippen molar-refractivity contribution in [3.63, 3.8) is 0 Å². The van der Waals surface area contributed by atoms with Gasteiger partial charge in [0.2, 0.25) is 0 Å². The fourth-order valence-electron chi connectivity index (χ4n) is 1.59. The second kappa shape index (κ2) is 5.82. The Kier molecular flexibility index (Phi) is 4.67. The predicted octanol–water partition coefficient (Wildman–Crippen LogP) is 2.53. The first-order valence-electron chi connectivity index (χ1n) is 5.89. The quantitative estimate of drug-likeness (QED) is 0.646. The lowest BCUT2D eigenvalue weighted by atomic mass is 10.1. The Labute approximate surface area is 107 Å². The van der Waals surface area contributed by atoms with Gasteiger partial charge in [-0.15, -0.1) is 0 Å². The van der Waals surface area contributed by atoms with E-state index in [1.807, 2.05) is 6.07 Å². The molecule has 1 aromatic carbocycles. The minimum Gasteiger partial charge on any atom is -0.496 e. The summed E-state index contributed by atoms with van der Waals surface area (Å²) in [5, 5.41) is 14.1. The van der Waals surface area contributed by atoms with Crippen LogP contribution in [-0.4, -0.2) is 24.1 Å². The van der Waals surface area contributed by atoms with Gasteiger partial charge in [0.15, 0.2) is 0 Å². The van der Waals surface area contributed by atoms with Crippen molar-refractivity contribution >= 4 is 5.69 Å². The van der Waals surface area contributed by atoms with Crippen molar-refractivity contribution in [3.05, 3.63) is 33.9 Å². The lowest BCUT2D eigenvalue weighted by molar-refractivity contribution is -0.385. The van der Waals surface area contributed by atoms with Gasteiger partial charge in [-0.2, -0.15) is 0 Å². The molecule has 0 atom stereocenters. The maximum atomic E-state index is 10.8. The molecule has 1 aromatic rings. The summed E-state index contributed by atoms with van der Waals surface area (Å²) >= 11 is 0. The third-order valence-electron chi connectivity index (χ3n) is 2.47. The zero-order chi connectivity index (χ0) is 13.8. The molecule has 0 unspecified atom stereocenters. The average molecular weight is 252 g/mol. The maximum Gasteiger partial charge on any atom is 0.273 e. The highest BCUT2D eigenvalue weighted by molar-refractivity contribution is 5.42. The van der Waals surface area contributed by atoms with E-state index in [1.165, 1.54) is 13.2 Å². The van der Waals surface area contributed by atoms with Crippen LogP contribution < -0.4 is 10.1 Å². The van der Waals surface area contributed by atoms with Gasteiger partial charge in [0.25, 0.3) is 5.69 Å². The molecule has 5 heteroatoms. The van der Waals surface area contributed by atoms with E-state index >= 15 is 0 Å². The fraction of sp³-hybridized carbons (Fsp3) is 0.538. The maximum absolute atomic E-state index is 10.8. The second-order valence-electron chi connectivity index (χ2n) is 5.22. The highest BCUT2D eigenvalue weighted by Crippen LogP contribution is 2.22. The van der Waals surface area contributed by atoms with Gasteiger partial charge in [-0.1, -0.05) is 0 Å². The number of nitro groups is 1. The number of rotatable bonds is 5. The number of hydrogen-bond acceptors (Lipinski definition) is 4. The Morgan fingerprint density at radius 2 is 2.00 bits per heavy atom. The predicted molar refractivity (Wildman–Crippen MR) is 71.1 cm³/mol. The van der Waals surface area contributed by atoms with E-state index in [0.29, 0.717) is 5.75 Å². The van der Waals surface area contributed by atoms with Gasteiger partial charge in [-0.3, -0.25) is 10.1 Å². The molecule has 0 radical (unpaired) electrons. The molecule has 0 bridgehead atoms. The third kappa shape index (κ3) is 4.71. The molecule has 0 fully saturated rings. The number of ether oxygens (including phenoxy) is 1. The van der Waals surface area contributed by atoms with Crippen LogP contribution in [-0.2, 0) is 6.42 Å². The van der Waals surface area contributed by atoms with Crippen LogP contribution in [0.3, 0.4) is 0 Å². The molecule has 0 saturated carbocycles. The van der Waals surface area contributed by atoms with Crippen molar-refractivity contribution in [2.24, 2.45) is 0 Å². The van der Waals surface area contributed by atoms with Crippen LogP contribution in [0.2, 0.25) is 0 Å². The molecule has 0 aliphatic carbocycles. The van der Waals surface area contributed by atoms with Gasteiger partial charge in [0.05, 0.1) is 18.1 Å². The summed E-state index contributed by atoms with van der Waals surface area (Å²) in [5.41, 5.74) is 1.02. The second-order valence-corrected chi connectivity index (χ2v) is 5.22. The molecule has 0 spiro atoms. The Balaban J connectivity index is 2.76. The summed E-state index contributed by atoms with van der Waals surface area (Å²) in [6, 6.07) is 4.85. The van der Waals surface area contributed by atoms with Crippen LogP contribution in [0.4, 0.5) is 5.69 Å². The van der Waals surface area contributed by atoms with Crippen molar-refractivity contribution in [3.8, 4) is 5.75 Å². The number of methoxy groups -OCH3 is 1. The first-order chi connectivity index (χ1) is 8.31. The smallest absolute Gasteiger partial charge is 0.273 e. The van der Waals surface area contributed by atoms with Gasteiger partial charge in [0.1, 0.15) is 5.75 Å². The summed E-state index contributed by atoms with van der Waals surface area (Å²) in [7, 11) is 1.51. The van der Waals surface area contributed by atoms with Crippen molar-refractivity contribution in [2.75, 3.05) is 13.7 Å². The molecule has 0 aliphatic rings. The Bertz CT molecular complexity index is 425. The SMILES string of the molecule is COc1cc(CCNC(C)(C)C)cc([N+](=O)[O-])c1. The van der Waals surface area contributed by atoms with Crippen LogP contribution in [0.5, 0.6) is 5.75 Å². The molecule has 0 aliphatic heterocycles. The van der Waals surface area contributed by atoms with Crippen LogP contribution in [0.1, 0.15) is 26.3 Å². The van der Waals surface area contributed by atoms with E-state index in [2.05, 4.69) is 26.1 Å². The molecule has 18 heavy (non-hydrogen) atoms. The minimum absolute atomic E-state index is 0.0464. The van der Waals surface area contributed by atoms with E-state index in [4.69, 9.17) is 4.74 Å². The molecular weight excluding hydrogens is 232 g/mol. The van der Waals surface area contributed by atoms with Crippen molar-refractivity contribution in [1.82, 2.24) is 5.32 Å². The molecule has 0 saturated heterocycles. The van der Waals surface area contributed by atoms with Crippen LogP contribution >= 0.6 is 0 Å². The summed E-state index contributed by atoms with van der Waals surface area (Å²) in [6.45, 7) is 7.02. The largest absolute Gasteiger partial charge is 0.496 e. The normalized spacial score (nSPS) is 11.3.